The number of amides is 2. The summed E-state index contributed by atoms with van der Waals surface area (Å²) >= 11 is 0. The fraction of sp³-hybridized carbons (Fsp3) is 0.278. The van der Waals surface area contributed by atoms with E-state index in [0.29, 0.717) is 11.5 Å². The van der Waals surface area contributed by atoms with Crippen molar-refractivity contribution in [3.05, 3.63) is 48.8 Å². The van der Waals surface area contributed by atoms with Gasteiger partial charge in [0, 0.05) is 12.7 Å². The summed E-state index contributed by atoms with van der Waals surface area (Å²) < 4.78 is 31.6. The van der Waals surface area contributed by atoms with E-state index in [0.717, 1.165) is 4.90 Å². The molecule has 2 aromatic rings. The highest BCUT2D eigenvalue weighted by atomic mass is 32.2. The topological polar surface area (TPSA) is 160 Å². The smallest absolute Gasteiger partial charge is 0.338 e. The van der Waals surface area contributed by atoms with Gasteiger partial charge in [-0.05, 0) is 42.8 Å². The molecule has 3 rings (SSSR count). The summed E-state index contributed by atoms with van der Waals surface area (Å²) in [7, 11) is -4.23. The zero-order valence-electron chi connectivity index (χ0n) is 15.1. The van der Waals surface area contributed by atoms with Gasteiger partial charge in [0.15, 0.2) is 15.4 Å². The number of piperidine rings is 1. The van der Waals surface area contributed by atoms with Crippen LogP contribution < -0.4 is 10.5 Å². The van der Waals surface area contributed by atoms with Crippen molar-refractivity contribution in [1.82, 2.24) is 9.88 Å². The Balaban J connectivity index is 1.87. The van der Waals surface area contributed by atoms with Crippen LogP contribution in [0, 0.1) is 0 Å². The molecule has 4 N–H and O–H groups in total. The van der Waals surface area contributed by atoms with Gasteiger partial charge in [0.2, 0.25) is 0 Å². The van der Waals surface area contributed by atoms with Crippen molar-refractivity contribution in [1.29, 1.82) is 0 Å². The Morgan fingerprint density at radius 3 is 2.45 bits per heavy atom. The van der Waals surface area contributed by atoms with Crippen molar-refractivity contribution in [3.63, 3.8) is 0 Å². The number of carbonyl (C=O) groups excluding carboxylic acids is 1. The number of hydrogen-bond acceptors (Lipinski definition) is 7. The number of nitrogens with zero attached hydrogens (tertiary/aromatic N) is 2. The van der Waals surface area contributed by atoms with Gasteiger partial charge in [0.1, 0.15) is 16.7 Å². The largest absolute Gasteiger partial charge is 0.479 e. The molecule has 29 heavy (non-hydrogen) atoms. The Kier molecular flexibility index (Phi) is 5.44. The van der Waals surface area contributed by atoms with E-state index in [-0.39, 0.29) is 17.9 Å². The highest BCUT2D eigenvalue weighted by Gasteiger charge is 2.55. The quantitative estimate of drug-likeness (QED) is 0.633. The predicted octanol–water partition coefficient (Wildman–Crippen LogP) is 0.616. The van der Waals surface area contributed by atoms with Crippen LogP contribution in [0.3, 0.4) is 0 Å². The molecule has 1 fully saturated rings. The zero-order valence-corrected chi connectivity index (χ0v) is 15.9. The van der Waals surface area contributed by atoms with E-state index in [9.17, 15) is 28.2 Å². The first kappa shape index (κ1) is 20.6. The second kappa shape index (κ2) is 7.68. The van der Waals surface area contributed by atoms with Crippen LogP contribution in [0.15, 0.2) is 53.7 Å². The van der Waals surface area contributed by atoms with Gasteiger partial charge in [-0.2, -0.15) is 0 Å². The van der Waals surface area contributed by atoms with Crippen LogP contribution in [0.4, 0.5) is 4.79 Å². The van der Waals surface area contributed by atoms with Gasteiger partial charge in [-0.15, -0.1) is 0 Å². The molecule has 0 radical (unpaired) electrons. The standard InChI is InChI=1S/C18H19N3O7S/c19-17(24)21-9-7-15(18(25,11-21)16(22)23)29(26,27)14-5-3-12(4-6-14)28-13-2-1-8-20-10-13/h1-6,8,10,15,25H,7,9,11H2,(H2,19,24)(H,22,23). The summed E-state index contributed by atoms with van der Waals surface area (Å²) in [5.41, 5.74) is 2.47. The number of carbonyl (C=O) groups is 2. The van der Waals surface area contributed by atoms with Crippen LogP contribution >= 0.6 is 0 Å². The molecule has 2 amide bonds. The van der Waals surface area contributed by atoms with Crippen molar-refractivity contribution >= 4 is 21.8 Å². The number of aliphatic carboxylic acids is 1. The number of rotatable bonds is 5. The average molecular weight is 421 g/mol. The lowest BCUT2D eigenvalue weighted by Crippen LogP contribution is -2.65. The number of hydrogen-bond donors (Lipinski definition) is 3. The van der Waals surface area contributed by atoms with E-state index in [1.807, 2.05) is 0 Å². The number of aliphatic hydroxyl groups is 1. The average Bonchev–Trinajstić information content (AvgIpc) is 2.68. The highest BCUT2D eigenvalue weighted by Crippen LogP contribution is 2.33. The van der Waals surface area contributed by atoms with Gasteiger partial charge in [-0.3, -0.25) is 4.98 Å². The molecule has 0 aliphatic carbocycles. The maximum atomic E-state index is 13.0. The van der Waals surface area contributed by atoms with Gasteiger partial charge >= 0.3 is 12.0 Å². The molecule has 1 aromatic carbocycles. The van der Waals surface area contributed by atoms with Crippen molar-refractivity contribution < 1.29 is 33.0 Å². The molecule has 154 valence electrons. The first-order chi connectivity index (χ1) is 13.6. The number of nitrogens with two attached hydrogens (primary N) is 1. The Bertz CT molecular complexity index is 1010. The van der Waals surface area contributed by atoms with E-state index in [4.69, 9.17) is 10.5 Å². The second-order valence-corrected chi connectivity index (χ2v) is 8.70. The minimum Gasteiger partial charge on any atom is -0.479 e. The lowest BCUT2D eigenvalue weighted by atomic mass is 9.92. The first-order valence-corrected chi connectivity index (χ1v) is 10.1. The number of β-amino-alcohol motifs (C(OH)–C–C–N with tert-alkyl or cyclic N) is 1. The molecule has 2 unspecified atom stereocenters. The number of carboxylic acids is 1. The fourth-order valence-electron chi connectivity index (χ4n) is 3.19. The number of urea groups is 1. The number of benzene rings is 1. The van der Waals surface area contributed by atoms with Gasteiger partial charge in [0.05, 0.1) is 17.6 Å². The third kappa shape index (κ3) is 4.00. The van der Waals surface area contributed by atoms with Crippen LogP contribution in [0.5, 0.6) is 11.5 Å². The van der Waals surface area contributed by atoms with E-state index < -0.39 is 39.2 Å². The van der Waals surface area contributed by atoms with Crippen LogP contribution in [0.2, 0.25) is 0 Å². The maximum Gasteiger partial charge on any atom is 0.338 e. The number of primary amides is 1. The number of ether oxygens (including phenoxy) is 1. The fourth-order valence-corrected chi connectivity index (χ4v) is 5.14. The third-order valence-electron chi connectivity index (χ3n) is 4.70. The molecule has 2 heterocycles. The molecular weight excluding hydrogens is 402 g/mol. The summed E-state index contributed by atoms with van der Waals surface area (Å²) in [5, 5.41) is 18.4. The Morgan fingerprint density at radius 1 is 1.21 bits per heavy atom. The van der Waals surface area contributed by atoms with Crippen molar-refractivity contribution in [2.45, 2.75) is 22.2 Å². The van der Waals surface area contributed by atoms with Crippen molar-refractivity contribution in [3.8, 4) is 11.5 Å². The number of carboxylic acid groups (broad SMARTS) is 1. The van der Waals surface area contributed by atoms with Gasteiger partial charge in [-0.1, -0.05) is 0 Å². The molecule has 1 aliphatic heterocycles. The van der Waals surface area contributed by atoms with Crippen molar-refractivity contribution in [2.24, 2.45) is 5.73 Å². The summed E-state index contributed by atoms with van der Waals surface area (Å²) in [5.74, 6) is -0.926. The molecule has 0 spiro atoms. The molecule has 2 atom stereocenters. The minimum atomic E-state index is -4.23. The maximum absolute atomic E-state index is 13.0. The highest BCUT2D eigenvalue weighted by molar-refractivity contribution is 7.92. The second-order valence-electron chi connectivity index (χ2n) is 6.57. The van der Waals surface area contributed by atoms with Crippen molar-refractivity contribution in [2.75, 3.05) is 13.1 Å². The summed E-state index contributed by atoms with van der Waals surface area (Å²) in [4.78, 5) is 27.7. The Morgan fingerprint density at radius 2 is 1.90 bits per heavy atom. The lowest BCUT2D eigenvalue weighted by molar-refractivity contribution is -0.162. The monoisotopic (exact) mass is 421 g/mol. The molecule has 10 nitrogen and oxygen atoms in total. The molecular formula is C18H19N3O7S. The van der Waals surface area contributed by atoms with Crippen LogP contribution in [0.1, 0.15) is 6.42 Å². The number of aromatic nitrogens is 1. The van der Waals surface area contributed by atoms with Crippen LogP contribution in [-0.2, 0) is 14.6 Å². The number of sulfone groups is 1. The van der Waals surface area contributed by atoms with Crippen LogP contribution in [0.25, 0.3) is 0 Å². The van der Waals surface area contributed by atoms with Gasteiger partial charge in [0.25, 0.3) is 0 Å². The third-order valence-corrected chi connectivity index (χ3v) is 7.01. The summed E-state index contributed by atoms with van der Waals surface area (Å²) in [6.45, 7) is -0.805. The number of likely N-dealkylation sites (tertiary alicyclic amines) is 1. The zero-order chi connectivity index (χ0) is 21.2. The normalized spacial score (nSPS) is 22.1. The molecule has 1 aliphatic rings. The molecule has 11 heteroatoms. The van der Waals surface area contributed by atoms with Gasteiger partial charge in [-0.25, -0.2) is 18.0 Å². The van der Waals surface area contributed by atoms with E-state index in [1.165, 1.54) is 30.5 Å². The molecule has 1 aromatic heterocycles. The summed E-state index contributed by atoms with van der Waals surface area (Å²) in [6.07, 6.45) is 2.79. The molecule has 0 saturated carbocycles. The molecule has 1 saturated heterocycles. The molecule has 0 bridgehead atoms. The predicted molar refractivity (Wildman–Crippen MR) is 100 cm³/mol. The first-order valence-electron chi connectivity index (χ1n) is 8.56. The van der Waals surface area contributed by atoms with Crippen LogP contribution in [-0.4, -0.2) is 64.5 Å². The van der Waals surface area contributed by atoms with E-state index >= 15 is 0 Å². The minimum absolute atomic E-state index is 0.0863. The van der Waals surface area contributed by atoms with Gasteiger partial charge < -0.3 is 25.6 Å². The lowest BCUT2D eigenvalue weighted by Gasteiger charge is -2.40. The Hall–Kier alpha value is -3.18. The Labute approximate surface area is 166 Å². The SMILES string of the molecule is NC(=O)N1CCC(S(=O)(=O)c2ccc(Oc3cccnc3)cc2)C(O)(C(=O)O)C1. The van der Waals surface area contributed by atoms with E-state index in [1.54, 1.807) is 18.3 Å². The number of pyridine rings is 1. The summed E-state index contributed by atoms with van der Waals surface area (Å²) in [6, 6.07) is 7.79. The van der Waals surface area contributed by atoms with E-state index in [2.05, 4.69) is 4.98 Å².